The fourth-order valence-corrected chi connectivity index (χ4v) is 4.50. The summed E-state index contributed by atoms with van der Waals surface area (Å²) in [4.78, 5) is 36.5. The number of aryl methyl sites for hydroxylation is 1. The van der Waals surface area contributed by atoms with Gasteiger partial charge in [0.05, 0.1) is 5.56 Å². The second kappa shape index (κ2) is 10.9. The van der Waals surface area contributed by atoms with Gasteiger partial charge in [0.2, 0.25) is 0 Å². The first kappa shape index (κ1) is 25.9. The molecular formula is C30H31NO6. The van der Waals surface area contributed by atoms with Gasteiger partial charge in [0.1, 0.15) is 18.2 Å². The normalized spacial score (nSPS) is 13.3. The maximum absolute atomic E-state index is 12.5. The number of benzene rings is 3. The number of ether oxygens (including phenoxy) is 2. The number of nitrogens with one attached hydrogen (secondary N) is 1. The molecule has 192 valence electrons. The van der Waals surface area contributed by atoms with E-state index in [0.717, 1.165) is 27.8 Å². The number of rotatable bonds is 8. The minimum atomic E-state index is -1.14. The molecule has 0 spiro atoms. The summed E-state index contributed by atoms with van der Waals surface area (Å²) in [5, 5.41) is 12.1. The standard InChI is InChI=1S/C30H31NO6/c1-30(2,3)37-28(34)20-15-12-19(13-16-20)14-17-26(27(32)33)31-29(35)36-18-25-23-10-6-4-8-21(23)22-9-5-7-11-24(22)25/h4-13,15-16,25-26H,14,17-18H2,1-3H3,(H,31,35)(H,32,33)/t26-/m0/s1. The molecule has 0 saturated carbocycles. The third-order valence-electron chi connectivity index (χ3n) is 6.24. The molecule has 3 aromatic carbocycles. The van der Waals surface area contributed by atoms with Crippen LogP contribution in [0.15, 0.2) is 72.8 Å². The smallest absolute Gasteiger partial charge is 0.407 e. The summed E-state index contributed by atoms with van der Waals surface area (Å²) in [5.41, 5.74) is 5.08. The predicted octanol–water partition coefficient (Wildman–Crippen LogP) is 5.57. The highest BCUT2D eigenvalue weighted by Gasteiger charge is 2.29. The maximum atomic E-state index is 12.5. The third kappa shape index (κ3) is 6.36. The molecule has 1 atom stereocenters. The zero-order chi connectivity index (χ0) is 26.6. The number of hydrogen-bond acceptors (Lipinski definition) is 5. The van der Waals surface area contributed by atoms with Crippen molar-refractivity contribution >= 4 is 18.0 Å². The Morgan fingerprint density at radius 3 is 2.00 bits per heavy atom. The average molecular weight is 502 g/mol. The van der Waals surface area contributed by atoms with E-state index in [2.05, 4.69) is 17.4 Å². The summed E-state index contributed by atoms with van der Waals surface area (Å²) in [5.74, 6) is -1.66. The fraction of sp³-hybridized carbons (Fsp3) is 0.300. The van der Waals surface area contributed by atoms with Crippen molar-refractivity contribution in [3.05, 3.63) is 95.1 Å². The fourth-order valence-electron chi connectivity index (χ4n) is 4.50. The van der Waals surface area contributed by atoms with Gasteiger partial charge in [-0.3, -0.25) is 0 Å². The predicted molar refractivity (Wildman–Crippen MR) is 140 cm³/mol. The first-order chi connectivity index (χ1) is 17.6. The molecule has 1 amide bonds. The highest BCUT2D eigenvalue weighted by atomic mass is 16.6. The number of carbonyl (C=O) groups is 3. The van der Waals surface area contributed by atoms with Gasteiger partial charge in [0.15, 0.2) is 0 Å². The molecule has 3 aromatic rings. The Balaban J connectivity index is 1.32. The molecule has 0 heterocycles. The van der Waals surface area contributed by atoms with E-state index in [4.69, 9.17) is 9.47 Å². The van der Waals surface area contributed by atoms with Crippen molar-refractivity contribution < 1.29 is 29.0 Å². The van der Waals surface area contributed by atoms with Crippen molar-refractivity contribution in [3.8, 4) is 11.1 Å². The number of alkyl carbamates (subject to hydrolysis) is 1. The lowest BCUT2D eigenvalue weighted by Crippen LogP contribution is -2.41. The van der Waals surface area contributed by atoms with Crippen LogP contribution in [-0.2, 0) is 20.7 Å². The Morgan fingerprint density at radius 2 is 1.46 bits per heavy atom. The molecule has 7 nitrogen and oxygen atoms in total. The van der Waals surface area contributed by atoms with E-state index >= 15 is 0 Å². The Bertz CT molecular complexity index is 1250. The zero-order valence-corrected chi connectivity index (χ0v) is 21.2. The second-order valence-corrected chi connectivity index (χ2v) is 10.1. The van der Waals surface area contributed by atoms with Gasteiger partial charge in [-0.25, -0.2) is 14.4 Å². The van der Waals surface area contributed by atoms with Crippen LogP contribution in [0.2, 0.25) is 0 Å². The molecule has 0 bridgehead atoms. The Kier molecular flexibility index (Phi) is 7.62. The van der Waals surface area contributed by atoms with E-state index in [0.29, 0.717) is 12.0 Å². The van der Waals surface area contributed by atoms with Crippen molar-refractivity contribution in [1.29, 1.82) is 0 Å². The van der Waals surface area contributed by atoms with E-state index in [-0.39, 0.29) is 18.9 Å². The maximum Gasteiger partial charge on any atom is 0.407 e. The van der Waals surface area contributed by atoms with E-state index in [1.807, 2.05) is 36.4 Å². The number of carboxylic acid groups (broad SMARTS) is 1. The van der Waals surface area contributed by atoms with Crippen LogP contribution < -0.4 is 5.32 Å². The summed E-state index contributed by atoms with van der Waals surface area (Å²) in [6, 6.07) is 21.7. The number of esters is 1. The second-order valence-electron chi connectivity index (χ2n) is 10.1. The number of carbonyl (C=O) groups excluding carboxylic acids is 2. The van der Waals surface area contributed by atoms with Gasteiger partial charge in [-0.1, -0.05) is 60.7 Å². The molecule has 37 heavy (non-hydrogen) atoms. The number of amides is 1. The van der Waals surface area contributed by atoms with E-state index in [9.17, 15) is 19.5 Å². The van der Waals surface area contributed by atoms with Crippen LogP contribution >= 0.6 is 0 Å². The lowest BCUT2D eigenvalue weighted by Gasteiger charge is -2.19. The molecule has 0 saturated heterocycles. The van der Waals surface area contributed by atoms with Gasteiger partial charge in [-0.05, 0) is 73.6 Å². The van der Waals surface area contributed by atoms with Gasteiger partial charge in [-0.15, -0.1) is 0 Å². The van der Waals surface area contributed by atoms with E-state index in [1.165, 1.54) is 0 Å². The first-order valence-electron chi connectivity index (χ1n) is 12.3. The first-order valence-corrected chi connectivity index (χ1v) is 12.3. The summed E-state index contributed by atoms with van der Waals surface area (Å²) in [7, 11) is 0. The molecule has 0 radical (unpaired) electrons. The van der Waals surface area contributed by atoms with E-state index in [1.54, 1.807) is 45.0 Å². The number of aliphatic carboxylic acids is 1. The molecule has 1 aliphatic rings. The molecule has 0 fully saturated rings. The third-order valence-corrected chi connectivity index (χ3v) is 6.24. The topological polar surface area (TPSA) is 102 Å². The van der Waals surface area contributed by atoms with E-state index < -0.39 is 29.7 Å². The Hall–Kier alpha value is -4.13. The highest BCUT2D eigenvalue weighted by Crippen LogP contribution is 2.44. The Morgan fingerprint density at radius 1 is 0.892 bits per heavy atom. The lowest BCUT2D eigenvalue weighted by molar-refractivity contribution is -0.139. The highest BCUT2D eigenvalue weighted by molar-refractivity contribution is 5.89. The Labute approximate surface area is 216 Å². The average Bonchev–Trinajstić information content (AvgIpc) is 3.18. The largest absolute Gasteiger partial charge is 0.480 e. The monoisotopic (exact) mass is 501 g/mol. The number of carboxylic acids is 1. The summed E-state index contributed by atoms with van der Waals surface area (Å²) >= 11 is 0. The van der Waals surface area contributed by atoms with Crippen LogP contribution in [0.25, 0.3) is 11.1 Å². The molecule has 0 aliphatic heterocycles. The van der Waals surface area contributed by atoms with Gasteiger partial charge in [0.25, 0.3) is 0 Å². The van der Waals surface area contributed by atoms with Crippen LogP contribution in [0.1, 0.15) is 60.2 Å². The molecule has 2 N–H and O–H groups in total. The van der Waals surface area contributed by atoms with Crippen LogP contribution in [0.3, 0.4) is 0 Å². The van der Waals surface area contributed by atoms with Crippen LogP contribution in [0.4, 0.5) is 4.79 Å². The summed E-state index contributed by atoms with van der Waals surface area (Å²) in [6.45, 7) is 5.51. The molecule has 7 heteroatoms. The molecule has 0 unspecified atom stereocenters. The van der Waals surface area contributed by atoms with Crippen molar-refractivity contribution in [2.24, 2.45) is 0 Å². The minimum Gasteiger partial charge on any atom is -0.480 e. The summed E-state index contributed by atoms with van der Waals surface area (Å²) in [6.07, 6.45) is -0.199. The van der Waals surface area contributed by atoms with Crippen molar-refractivity contribution in [3.63, 3.8) is 0 Å². The van der Waals surface area contributed by atoms with Crippen molar-refractivity contribution in [2.45, 2.75) is 51.2 Å². The SMILES string of the molecule is CC(C)(C)OC(=O)c1ccc(CC[C@H](NC(=O)OCC2c3ccccc3-c3ccccc32)C(=O)O)cc1. The number of hydrogen-bond donors (Lipinski definition) is 2. The van der Waals surface area contributed by atoms with Crippen LogP contribution in [0.5, 0.6) is 0 Å². The molecule has 1 aliphatic carbocycles. The van der Waals surface area contributed by atoms with Gasteiger partial charge in [0, 0.05) is 5.92 Å². The molecular weight excluding hydrogens is 470 g/mol. The van der Waals surface area contributed by atoms with Crippen molar-refractivity contribution in [2.75, 3.05) is 6.61 Å². The van der Waals surface area contributed by atoms with Gasteiger partial charge < -0.3 is 19.9 Å². The quantitative estimate of drug-likeness (QED) is 0.392. The van der Waals surface area contributed by atoms with Crippen LogP contribution in [0, 0.1) is 0 Å². The van der Waals surface area contributed by atoms with Crippen LogP contribution in [-0.4, -0.2) is 41.4 Å². The van der Waals surface area contributed by atoms with Gasteiger partial charge in [-0.2, -0.15) is 0 Å². The van der Waals surface area contributed by atoms with Crippen molar-refractivity contribution in [1.82, 2.24) is 5.32 Å². The lowest BCUT2D eigenvalue weighted by atomic mass is 9.98. The zero-order valence-electron chi connectivity index (χ0n) is 21.2. The minimum absolute atomic E-state index is 0.107. The molecule has 4 rings (SSSR count). The number of fused-ring (bicyclic) bond motifs is 3. The molecule has 0 aromatic heterocycles. The summed E-state index contributed by atoms with van der Waals surface area (Å²) < 4.78 is 10.8. The van der Waals surface area contributed by atoms with Gasteiger partial charge >= 0.3 is 18.0 Å².